The molecule has 0 radical (unpaired) electrons. The van der Waals surface area contributed by atoms with E-state index in [-0.39, 0.29) is 41.9 Å². The van der Waals surface area contributed by atoms with E-state index in [0.717, 1.165) is 59.7 Å². The van der Waals surface area contributed by atoms with Crippen molar-refractivity contribution in [3.8, 4) is 22.4 Å². The maximum Gasteiger partial charge on any atom is 0.407 e. The van der Waals surface area contributed by atoms with Gasteiger partial charge in [-0.05, 0) is 67.8 Å². The first kappa shape index (κ1) is 38.8. The number of nitrogens with one attached hydrogen (secondary N) is 3. The molecule has 3 aromatic heterocycles. The van der Waals surface area contributed by atoms with Crippen LogP contribution >= 0.6 is 22.7 Å². The molecule has 8 rings (SSSR count). The lowest BCUT2D eigenvalue weighted by Gasteiger charge is -2.31. The smallest absolute Gasteiger partial charge is 0.407 e. The Bertz CT molecular complexity index is 2260. The Hall–Kier alpha value is -5.05. The van der Waals surface area contributed by atoms with Crippen molar-refractivity contribution in [1.29, 1.82) is 0 Å². The molecule has 5 atom stereocenters. The van der Waals surface area contributed by atoms with Gasteiger partial charge in [0.25, 0.3) is 0 Å². The van der Waals surface area contributed by atoms with Crippen LogP contribution in [0, 0.1) is 5.92 Å². The van der Waals surface area contributed by atoms with Gasteiger partial charge in [0, 0.05) is 29.6 Å². The Balaban J connectivity index is 0.937. The number of fused-ring (bicyclic) bond motifs is 1. The highest BCUT2D eigenvalue weighted by molar-refractivity contribution is 7.27. The van der Waals surface area contributed by atoms with Gasteiger partial charge in [0.1, 0.15) is 23.7 Å². The van der Waals surface area contributed by atoms with Crippen LogP contribution in [0.4, 0.5) is 4.79 Å². The van der Waals surface area contributed by atoms with E-state index in [1.54, 1.807) is 22.7 Å². The van der Waals surface area contributed by atoms with Crippen LogP contribution < -0.4 is 10.6 Å². The highest BCUT2D eigenvalue weighted by Gasteiger charge is 2.40. The number of likely N-dealkylation sites (tertiary alicyclic amines) is 2. The summed E-state index contributed by atoms with van der Waals surface area (Å²) in [4.78, 5) is 58.8. The fourth-order valence-corrected chi connectivity index (χ4v) is 11.1. The standard InChI is InChI=1S/C43H50N8O4S2/c1-25(2)35(48-43(54)55-5)41(52)50-19-9-13-33(50)40-45-22-32(47-40)30-24-57-37-29(23-56-38(30)37)26-15-17-27(18-16-26)31-21-44-39(46-31)34-14-10-20-51(34)42(53)36(49(3)4)28-11-7-6-8-12-28/h6-8,11-12,15-18,21,23-25,32-36H,9-10,13-14,19-20,22H2,1-5H3,(H,44,46)(H,45,47)(H,48,54)/t32?,33-,34-,35-,36+/m0/s1. The Labute approximate surface area is 341 Å². The van der Waals surface area contributed by atoms with Crippen molar-refractivity contribution in [3.63, 3.8) is 0 Å². The zero-order chi connectivity index (χ0) is 39.8. The number of imidazole rings is 1. The summed E-state index contributed by atoms with van der Waals surface area (Å²) in [6.07, 6.45) is 4.81. The van der Waals surface area contributed by atoms with Crippen molar-refractivity contribution in [2.45, 2.75) is 69.7 Å². The number of likely N-dealkylation sites (N-methyl/N-ethyl adjacent to an activating group) is 1. The first-order chi connectivity index (χ1) is 27.6. The van der Waals surface area contributed by atoms with E-state index < -0.39 is 12.1 Å². The highest BCUT2D eigenvalue weighted by Crippen LogP contribution is 2.43. The Morgan fingerprint density at radius 3 is 2.28 bits per heavy atom. The van der Waals surface area contributed by atoms with Crippen LogP contribution in [0.2, 0.25) is 0 Å². The number of benzene rings is 2. The topological polar surface area (TPSA) is 135 Å². The maximum atomic E-state index is 14.0. The fraction of sp³-hybridized carbons (Fsp3) is 0.419. The van der Waals surface area contributed by atoms with Gasteiger partial charge in [0.2, 0.25) is 11.8 Å². The molecule has 3 N–H and O–H groups in total. The summed E-state index contributed by atoms with van der Waals surface area (Å²) in [5.41, 5.74) is 6.56. The summed E-state index contributed by atoms with van der Waals surface area (Å²) in [6, 6.07) is 17.4. The fourth-order valence-electron chi connectivity index (χ4n) is 8.56. The molecule has 0 saturated carbocycles. The third kappa shape index (κ3) is 7.58. The molecular formula is C43H50N8O4S2. The highest BCUT2D eigenvalue weighted by atomic mass is 32.1. The largest absolute Gasteiger partial charge is 0.453 e. The lowest BCUT2D eigenvalue weighted by Crippen LogP contribution is -2.54. The van der Waals surface area contributed by atoms with Gasteiger partial charge >= 0.3 is 6.09 Å². The number of aliphatic imine (C=N–C) groups is 1. The first-order valence-corrected chi connectivity index (χ1v) is 21.5. The number of thiophene rings is 2. The number of alkyl carbamates (subject to hydrolysis) is 1. The Morgan fingerprint density at radius 2 is 1.58 bits per heavy atom. The number of methoxy groups -OCH3 is 1. The number of ether oxygens (including phenoxy) is 1. The number of amidine groups is 1. The third-order valence-corrected chi connectivity index (χ3v) is 13.7. The molecule has 2 aromatic carbocycles. The van der Waals surface area contributed by atoms with Crippen LogP contribution in [0.25, 0.3) is 31.8 Å². The third-order valence-electron chi connectivity index (χ3n) is 11.5. The number of hydrogen-bond donors (Lipinski definition) is 3. The molecule has 0 bridgehead atoms. The van der Waals surface area contributed by atoms with Crippen molar-refractivity contribution in [2.24, 2.45) is 10.9 Å². The second-order valence-electron chi connectivity index (χ2n) is 15.7. The lowest BCUT2D eigenvalue weighted by molar-refractivity contribution is -0.137. The molecule has 3 aliphatic rings. The van der Waals surface area contributed by atoms with E-state index in [4.69, 9.17) is 14.7 Å². The van der Waals surface area contributed by atoms with E-state index >= 15 is 0 Å². The minimum atomic E-state index is -0.662. The summed E-state index contributed by atoms with van der Waals surface area (Å²) in [6.45, 7) is 5.80. The Morgan fingerprint density at radius 1 is 0.895 bits per heavy atom. The molecule has 5 aromatic rings. The molecule has 2 saturated heterocycles. The van der Waals surface area contributed by atoms with Gasteiger partial charge in [-0.2, -0.15) is 0 Å². The van der Waals surface area contributed by atoms with Gasteiger partial charge in [0.05, 0.1) is 53.1 Å². The van der Waals surface area contributed by atoms with Crippen LogP contribution in [0.1, 0.15) is 74.6 Å². The summed E-state index contributed by atoms with van der Waals surface area (Å²) in [7, 11) is 5.22. The molecule has 3 aliphatic heterocycles. The minimum absolute atomic E-state index is 0.0297. The number of rotatable bonds is 11. The number of aromatic nitrogens is 2. The second kappa shape index (κ2) is 16.4. The molecule has 14 heteroatoms. The van der Waals surface area contributed by atoms with Gasteiger partial charge < -0.3 is 30.2 Å². The molecular weight excluding hydrogens is 757 g/mol. The quantitative estimate of drug-likeness (QED) is 0.127. The van der Waals surface area contributed by atoms with Crippen molar-refractivity contribution in [1.82, 2.24) is 35.3 Å². The van der Waals surface area contributed by atoms with Gasteiger partial charge in [0.15, 0.2) is 0 Å². The molecule has 57 heavy (non-hydrogen) atoms. The molecule has 3 amide bonds. The van der Waals surface area contributed by atoms with Crippen molar-refractivity contribution < 1.29 is 19.1 Å². The molecule has 6 heterocycles. The van der Waals surface area contributed by atoms with Crippen molar-refractivity contribution in [3.05, 3.63) is 88.5 Å². The van der Waals surface area contributed by atoms with Crippen molar-refractivity contribution in [2.75, 3.05) is 40.8 Å². The normalized spacial score (nSPS) is 20.6. The molecule has 0 spiro atoms. The minimum Gasteiger partial charge on any atom is -0.453 e. The van der Waals surface area contributed by atoms with Gasteiger partial charge in [-0.25, -0.2) is 9.78 Å². The lowest BCUT2D eigenvalue weighted by atomic mass is 10.0. The first-order valence-electron chi connectivity index (χ1n) is 19.7. The van der Waals surface area contributed by atoms with Crippen LogP contribution in [-0.2, 0) is 14.3 Å². The number of carbonyl (C=O) groups excluding carboxylic acids is 3. The number of amides is 3. The van der Waals surface area contributed by atoms with Gasteiger partial charge in [-0.3, -0.25) is 19.5 Å². The number of carbonyl (C=O) groups is 3. The van der Waals surface area contributed by atoms with E-state index in [0.29, 0.717) is 19.6 Å². The van der Waals surface area contributed by atoms with Gasteiger partial charge in [-0.15, -0.1) is 22.7 Å². The number of H-pyrrole nitrogens is 1. The van der Waals surface area contributed by atoms with E-state index in [1.165, 1.54) is 27.6 Å². The average molecular weight is 807 g/mol. The van der Waals surface area contributed by atoms with Crippen LogP contribution in [0.15, 0.2) is 76.5 Å². The molecule has 1 unspecified atom stereocenters. The monoisotopic (exact) mass is 806 g/mol. The van der Waals surface area contributed by atoms with E-state index in [2.05, 4.69) is 50.6 Å². The van der Waals surface area contributed by atoms with Crippen molar-refractivity contribution >= 4 is 55.8 Å². The van der Waals surface area contributed by atoms with E-state index in [1.807, 2.05) is 79.2 Å². The SMILES string of the molecule is COC(=O)N[C@H](C(=O)N1CCC[C@H]1C1=NCC(c2csc3c(-c4ccc(-c5cnc([C@@H]6CCCN6C(=O)[C@@H](c6ccccc6)N(C)C)[nH]5)cc4)csc23)N1)C(C)C. The number of hydrogen-bond acceptors (Lipinski definition) is 10. The van der Waals surface area contributed by atoms with Crippen LogP contribution in [0.5, 0.6) is 0 Å². The van der Waals surface area contributed by atoms with Crippen LogP contribution in [0.3, 0.4) is 0 Å². The summed E-state index contributed by atoms with van der Waals surface area (Å²) < 4.78 is 7.30. The molecule has 12 nitrogen and oxygen atoms in total. The van der Waals surface area contributed by atoms with E-state index in [9.17, 15) is 14.4 Å². The summed E-state index contributed by atoms with van der Waals surface area (Å²) in [5, 5.41) is 10.9. The number of aromatic amines is 1. The summed E-state index contributed by atoms with van der Waals surface area (Å²) in [5.74, 6) is 1.59. The predicted octanol–water partition coefficient (Wildman–Crippen LogP) is 7.40. The Kier molecular flexibility index (Phi) is 11.2. The average Bonchev–Trinajstić information content (AvgIpc) is 4.06. The maximum absolute atomic E-state index is 14.0. The molecule has 298 valence electrons. The predicted molar refractivity (Wildman–Crippen MR) is 226 cm³/mol. The zero-order valence-corrected chi connectivity index (χ0v) is 34.7. The van der Waals surface area contributed by atoms with Crippen LogP contribution in [-0.4, -0.2) is 101 Å². The van der Waals surface area contributed by atoms with Gasteiger partial charge in [-0.1, -0.05) is 68.4 Å². The molecule has 2 fully saturated rings. The molecule has 0 aliphatic carbocycles. The number of nitrogens with zero attached hydrogens (tertiary/aromatic N) is 5. The zero-order valence-electron chi connectivity index (χ0n) is 33.0. The second-order valence-corrected chi connectivity index (χ2v) is 17.5. The summed E-state index contributed by atoms with van der Waals surface area (Å²) >= 11 is 3.51.